The van der Waals surface area contributed by atoms with Gasteiger partial charge in [-0.1, -0.05) is 37.3 Å². The molecule has 1 saturated heterocycles. The van der Waals surface area contributed by atoms with E-state index in [1.54, 1.807) is 12.4 Å². The fourth-order valence-electron chi connectivity index (χ4n) is 3.05. The molecule has 0 spiro atoms. The van der Waals surface area contributed by atoms with Crippen LogP contribution in [-0.4, -0.2) is 35.4 Å². The predicted molar refractivity (Wildman–Crippen MR) is 98.3 cm³/mol. The van der Waals surface area contributed by atoms with E-state index < -0.39 is 0 Å². The molecule has 128 valence electrons. The van der Waals surface area contributed by atoms with Crippen LogP contribution in [0.2, 0.25) is 0 Å². The van der Waals surface area contributed by atoms with E-state index in [4.69, 9.17) is 0 Å². The lowest BCUT2D eigenvalue weighted by Gasteiger charge is -2.36. The van der Waals surface area contributed by atoms with E-state index in [1.807, 2.05) is 17.0 Å². The molecule has 1 aromatic heterocycles. The van der Waals surface area contributed by atoms with Gasteiger partial charge in [0.05, 0.1) is 12.5 Å². The predicted octanol–water partition coefficient (Wildman–Crippen LogP) is 2.78. The zero-order chi connectivity index (χ0) is 16.1. The van der Waals surface area contributed by atoms with Crippen LogP contribution in [0.25, 0.3) is 0 Å². The minimum atomic E-state index is 0. The van der Waals surface area contributed by atoms with Crippen molar-refractivity contribution in [1.82, 2.24) is 15.2 Å². The fourth-order valence-corrected chi connectivity index (χ4v) is 3.05. The quantitative estimate of drug-likeness (QED) is 0.926. The number of carbonyl (C=O) groups excluding carboxylic acids is 1. The van der Waals surface area contributed by atoms with E-state index in [0.717, 1.165) is 31.6 Å². The third-order valence-corrected chi connectivity index (χ3v) is 4.41. The Morgan fingerprint density at radius 3 is 2.71 bits per heavy atom. The lowest BCUT2D eigenvalue weighted by Crippen LogP contribution is -2.49. The summed E-state index contributed by atoms with van der Waals surface area (Å²) in [6, 6.07) is 12.6. The van der Waals surface area contributed by atoms with Crippen LogP contribution in [0.3, 0.4) is 0 Å². The second-order valence-electron chi connectivity index (χ2n) is 5.94. The average Bonchev–Trinajstić information content (AvgIpc) is 2.62. The molecule has 1 amide bonds. The SMILES string of the molecule is CCc1ccc(C2CNCCN2C(=O)Cc2cccnc2)cc1.Cl. The van der Waals surface area contributed by atoms with Crippen LogP contribution >= 0.6 is 12.4 Å². The first kappa shape index (κ1) is 18.4. The molecule has 1 atom stereocenters. The Morgan fingerprint density at radius 1 is 1.25 bits per heavy atom. The summed E-state index contributed by atoms with van der Waals surface area (Å²) in [6.45, 7) is 4.56. The zero-order valence-corrected chi connectivity index (χ0v) is 14.8. The van der Waals surface area contributed by atoms with Crippen molar-refractivity contribution < 1.29 is 4.79 Å². The number of hydrogen-bond donors (Lipinski definition) is 1. The van der Waals surface area contributed by atoms with E-state index in [1.165, 1.54) is 11.1 Å². The van der Waals surface area contributed by atoms with Crippen LogP contribution in [0.4, 0.5) is 0 Å². The number of hydrogen-bond acceptors (Lipinski definition) is 3. The molecule has 1 N–H and O–H groups in total. The summed E-state index contributed by atoms with van der Waals surface area (Å²) in [4.78, 5) is 18.8. The molecule has 0 aliphatic carbocycles. The van der Waals surface area contributed by atoms with Crippen LogP contribution in [-0.2, 0) is 17.6 Å². The number of pyridine rings is 1. The first-order valence-electron chi connectivity index (χ1n) is 8.26. The summed E-state index contributed by atoms with van der Waals surface area (Å²) in [5, 5.41) is 3.40. The molecule has 1 aliphatic rings. The molecule has 1 fully saturated rings. The van der Waals surface area contributed by atoms with E-state index >= 15 is 0 Å². The lowest BCUT2D eigenvalue weighted by molar-refractivity contribution is -0.133. The number of nitrogens with zero attached hydrogens (tertiary/aromatic N) is 2. The smallest absolute Gasteiger partial charge is 0.227 e. The Morgan fingerprint density at radius 2 is 2.04 bits per heavy atom. The Labute approximate surface area is 149 Å². The summed E-state index contributed by atoms with van der Waals surface area (Å²) in [5.74, 6) is 0.170. The molecule has 3 rings (SSSR count). The molecule has 5 heteroatoms. The number of carbonyl (C=O) groups is 1. The Kier molecular flexibility index (Phi) is 6.76. The standard InChI is InChI=1S/C19H23N3O.ClH/c1-2-15-5-7-17(8-6-15)18-14-21-10-11-22(18)19(23)12-16-4-3-9-20-13-16;/h3-9,13,18,21H,2,10-12,14H2,1H3;1H. The molecule has 1 aliphatic heterocycles. The molecule has 1 unspecified atom stereocenters. The first-order chi connectivity index (χ1) is 11.3. The van der Waals surface area contributed by atoms with Crippen molar-refractivity contribution in [1.29, 1.82) is 0 Å². The first-order valence-corrected chi connectivity index (χ1v) is 8.26. The number of piperazine rings is 1. The third-order valence-electron chi connectivity index (χ3n) is 4.41. The monoisotopic (exact) mass is 345 g/mol. The van der Waals surface area contributed by atoms with E-state index in [2.05, 4.69) is 41.5 Å². The van der Waals surface area contributed by atoms with Crippen molar-refractivity contribution in [2.24, 2.45) is 0 Å². The molecule has 0 radical (unpaired) electrons. The normalized spacial score (nSPS) is 17.2. The summed E-state index contributed by atoms with van der Waals surface area (Å²) < 4.78 is 0. The van der Waals surface area contributed by atoms with Gasteiger partial charge >= 0.3 is 0 Å². The number of aryl methyl sites for hydroxylation is 1. The topological polar surface area (TPSA) is 45.2 Å². The molecule has 0 saturated carbocycles. The number of nitrogens with one attached hydrogen (secondary N) is 1. The van der Waals surface area contributed by atoms with E-state index in [0.29, 0.717) is 6.42 Å². The van der Waals surface area contributed by atoms with Gasteiger partial charge < -0.3 is 10.2 Å². The summed E-state index contributed by atoms with van der Waals surface area (Å²) in [7, 11) is 0. The van der Waals surface area contributed by atoms with Gasteiger partial charge in [-0.2, -0.15) is 0 Å². The zero-order valence-electron chi connectivity index (χ0n) is 13.9. The van der Waals surface area contributed by atoms with Gasteiger partial charge in [-0.15, -0.1) is 12.4 Å². The minimum Gasteiger partial charge on any atom is -0.333 e. The molecule has 4 nitrogen and oxygen atoms in total. The summed E-state index contributed by atoms with van der Waals surface area (Å²) in [5.41, 5.74) is 3.50. The van der Waals surface area contributed by atoms with E-state index in [9.17, 15) is 4.79 Å². The maximum absolute atomic E-state index is 12.7. The largest absolute Gasteiger partial charge is 0.333 e. The molecular formula is C19H24ClN3O. The molecule has 1 aromatic carbocycles. The van der Waals surface area contributed by atoms with Gasteiger partial charge in [0.25, 0.3) is 0 Å². The highest BCUT2D eigenvalue weighted by atomic mass is 35.5. The van der Waals surface area contributed by atoms with Gasteiger partial charge in [-0.3, -0.25) is 9.78 Å². The Hall–Kier alpha value is -1.91. The third kappa shape index (κ3) is 4.34. The van der Waals surface area contributed by atoms with Crippen molar-refractivity contribution in [3.8, 4) is 0 Å². The number of benzene rings is 1. The summed E-state index contributed by atoms with van der Waals surface area (Å²) >= 11 is 0. The van der Waals surface area contributed by atoms with Gasteiger partial charge in [-0.25, -0.2) is 0 Å². The van der Waals surface area contributed by atoms with Crippen molar-refractivity contribution in [2.75, 3.05) is 19.6 Å². The van der Waals surface area contributed by atoms with Crippen LogP contribution in [0, 0.1) is 0 Å². The highest BCUT2D eigenvalue weighted by Crippen LogP contribution is 2.23. The maximum Gasteiger partial charge on any atom is 0.227 e. The maximum atomic E-state index is 12.7. The van der Waals surface area contributed by atoms with Gasteiger partial charge in [0.2, 0.25) is 5.91 Å². The van der Waals surface area contributed by atoms with Crippen molar-refractivity contribution in [3.63, 3.8) is 0 Å². The van der Waals surface area contributed by atoms with Crippen LogP contribution in [0.5, 0.6) is 0 Å². The fraction of sp³-hybridized carbons (Fsp3) is 0.368. The number of rotatable bonds is 4. The molecule has 0 bridgehead atoms. The van der Waals surface area contributed by atoms with Gasteiger partial charge in [0.1, 0.15) is 0 Å². The number of aromatic nitrogens is 1. The van der Waals surface area contributed by atoms with Crippen LogP contribution in [0.15, 0.2) is 48.8 Å². The second kappa shape index (κ2) is 8.81. The highest BCUT2D eigenvalue weighted by Gasteiger charge is 2.27. The molecule has 24 heavy (non-hydrogen) atoms. The lowest BCUT2D eigenvalue weighted by atomic mass is 10.00. The van der Waals surface area contributed by atoms with Crippen LogP contribution in [0.1, 0.15) is 29.7 Å². The van der Waals surface area contributed by atoms with Crippen molar-refractivity contribution >= 4 is 18.3 Å². The Balaban J connectivity index is 0.00000208. The average molecular weight is 346 g/mol. The molecule has 2 heterocycles. The number of amides is 1. The van der Waals surface area contributed by atoms with Gasteiger partial charge in [-0.05, 0) is 29.2 Å². The van der Waals surface area contributed by atoms with E-state index in [-0.39, 0.29) is 24.4 Å². The van der Waals surface area contributed by atoms with Gasteiger partial charge in [0, 0.05) is 32.0 Å². The van der Waals surface area contributed by atoms with Crippen molar-refractivity contribution in [3.05, 3.63) is 65.5 Å². The number of halogens is 1. The van der Waals surface area contributed by atoms with Crippen LogP contribution < -0.4 is 5.32 Å². The summed E-state index contributed by atoms with van der Waals surface area (Å²) in [6.07, 6.45) is 4.95. The highest BCUT2D eigenvalue weighted by molar-refractivity contribution is 5.85. The molecule has 2 aromatic rings. The van der Waals surface area contributed by atoms with Gasteiger partial charge in [0.15, 0.2) is 0 Å². The Bertz CT molecular complexity index is 645. The van der Waals surface area contributed by atoms with Crippen molar-refractivity contribution in [2.45, 2.75) is 25.8 Å². The molecular weight excluding hydrogens is 322 g/mol. The minimum absolute atomic E-state index is 0. The second-order valence-corrected chi connectivity index (χ2v) is 5.94.